The number of hydrogen-bond donors (Lipinski definition) is 1. The van der Waals surface area contributed by atoms with Gasteiger partial charge in [0.05, 0.1) is 13.2 Å². The Kier molecular flexibility index (Phi) is 4.84. The van der Waals surface area contributed by atoms with Crippen LogP contribution in [0.2, 0.25) is 0 Å². The summed E-state index contributed by atoms with van der Waals surface area (Å²) in [6.45, 7) is 4.72. The molecule has 2 N–H and O–H groups in total. The van der Waals surface area contributed by atoms with Crippen molar-refractivity contribution in [2.24, 2.45) is 5.73 Å². The van der Waals surface area contributed by atoms with Crippen LogP contribution >= 0.6 is 0 Å². The van der Waals surface area contributed by atoms with E-state index in [1.807, 2.05) is 13.8 Å². The summed E-state index contributed by atoms with van der Waals surface area (Å²) in [4.78, 5) is 0. The number of rotatable bonds is 6. The smallest absolute Gasteiger partial charge is 0.162 e. The normalized spacial score (nSPS) is 11.6. The van der Waals surface area contributed by atoms with Crippen molar-refractivity contribution < 1.29 is 18.3 Å². The highest BCUT2D eigenvalue weighted by molar-refractivity contribution is 5.23. The van der Waals surface area contributed by atoms with Crippen LogP contribution in [-0.2, 0) is 4.74 Å². The molecule has 96 valence electrons. The van der Waals surface area contributed by atoms with Crippen molar-refractivity contribution in [1.82, 2.24) is 0 Å². The van der Waals surface area contributed by atoms with Crippen molar-refractivity contribution in [2.45, 2.75) is 19.4 Å². The van der Waals surface area contributed by atoms with E-state index in [4.69, 9.17) is 15.2 Å². The van der Waals surface area contributed by atoms with Crippen LogP contribution in [0.25, 0.3) is 0 Å². The van der Waals surface area contributed by atoms with Gasteiger partial charge in [0.1, 0.15) is 12.4 Å². The fourth-order valence-corrected chi connectivity index (χ4v) is 1.12. The van der Waals surface area contributed by atoms with Gasteiger partial charge in [0, 0.05) is 11.6 Å². The minimum Gasteiger partial charge on any atom is -0.491 e. The molecular formula is C12H17F2NO2. The fraction of sp³-hybridized carbons (Fsp3) is 0.500. The summed E-state index contributed by atoms with van der Waals surface area (Å²) < 4.78 is 35.9. The van der Waals surface area contributed by atoms with Crippen LogP contribution in [0.1, 0.15) is 13.8 Å². The van der Waals surface area contributed by atoms with Gasteiger partial charge in [0.25, 0.3) is 0 Å². The largest absolute Gasteiger partial charge is 0.491 e. The highest BCUT2D eigenvalue weighted by atomic mass is 19.2. The molecule has 0 unspecified atom stereocenters. The van der Waals surface area contributed by atoms with Gasteiger partial charge in [0.15, 0.2) is 11.6 Å². The summed E-state index contributed by atoms with van der Waals surface area (Å²) in [5.41, 5.74) is 5.32. The maximum absolute atomic E-state index is 12.8. The van der Waals surface area contributed by atoms with Crippen molar-refractivity contribution in [3.05, 3.63) is 29.8 Å². The molecule has 0 saturated carbocycles. The molecular weight excluding hydrogens is 228 g/mol. The van der Waals surface area contributed by atoms with E-state index in [9.17, 15) is 8.78 Å². The standard InChI is InChI=1S/C12H17F2NO2/c1-12(2,15)8-16-5-6-17-9-3-4-10(13)11(14)7-9/h3-4,7H,5-6,8,15H2,1-2H3. The van der Waals surface area contributed by atoms with Gasteiger partial charge < -0.3 is 15.2 Å². The van der Waals surface area contributed by atoms with Gasteiger partial charge in [-0.1, -0.05) is 0 Å². The SMILES string of the molecule is CC(C)(N)COCCOc1ccc(F)c(F)c1. The second kappa shape index (κ2) is 5.93. The van der Waals surface area contributed by atoms with Crippen molar-refractivity contribution in [3.8, 4) is 5.75 Å². The van der Waals surface area contributed by atoms with Gasteiger partial charge in [-0.25, -0.2) is 8.78 Å². The van der Waals surface area contributed by atoms with E-state index in [0.29, 0.717) is 13.2 Å². The lowest BCUT2D eigenvalue weighted by molar-refractivity contribution is 0.0723. The molecule has 1 aromatic carbocycles. The molecule has 0 fully saturated rings. The lowest BCUT2D eigenvalue weighted by Crippen LogP contribution is -2.37. The van der Waals surface area contributed by atoms with Gasteiger partial charge in [-0.3, -0.25) is 0 Å². The molecule has 0 atom stereocenters. The van der Waals surface area contributed by atoms with E-state index in [1.165, 1.54) is 6.07 Å². The zero-order chi connectivity index (χ0) is 12.9. The van der Waals surface area contributed by atoms with Crippen LogP contribution in [0, 0.1) is 11.6 Å². The first-order valence-electron chi connectivity index (χ1n) is 5.33. The summed E-state index contributed by atoms with van der Waals surface area (Å²) in [6, 6.07) is 3.39. The Labute approximate surface area is 99.5 Å². The average Bonchev–Trinajstić information content (AvgIpc) is 2.21. The third kappa shape index (κ3) is 5.60. The Hall–Kier alpha value is -1.20. The second-order valence-electron chi connectivity index (χ2n) is 4.47. The monoisotopic (exact) mass is 245 g/mol. The second-order valence-corrected chi connectivity index (χ2v) is 4.47. The maximum Gasteiger partial charge on any atom is 0.162 e. The Balaban J connectivity index is 2.25. The minimum atomic E-state index is -0.925. The van der Waals surface area contributed by atoms with Crippen molar-refractivity contribution in [1.29, 1.82) is 0 Å². The van der Waals surface area contributed by atoms with E-state index < -0.39 is 11.6 Å². The van der Waals surface area contributed by atoms with Crippen LogP contribution in [0.3, 0.4) is 0 Å². The Morgan fingerprint density at radius 3 is 2.47 bits per heavy atom. The van der Waals surface area contributed by atoms with Crippen molar-refractivity contribution in [3.63, 3.8) is 0 Å². The lowest BCUT2D eigenvalue weighted by Gasteiger charge is -2.18. The molecule has 0 amide bonds. The molecule has 0 aromatic heterocycles. The van der Waals surface area contributed by atoms with Gasteiger partial charge in [0.2, 0.25) is 0 Å². The first kappa shape index (κ1) is 13.9. The molecule has 17 heavy (non-hydrogen) atoms. The van der Waals surface area contributed by atoms with Crippen LogP contribution in [0.4, 0.5) is 8.78 Å². The van der Waals surface area contributed by atoms with Gasteiger partial charge in [-0.2, -0.15) is 0 Å². The van der Waals surface area contributed by atoms with Crippen molar-refractivity contribution >= 4 is 0 Å². The number of halogens is 2. The van der Waals surface area contributed by atoms with Crippen LogP contribution < -0.4 is 10.5 Å². The lowest BCUT2D eigenvalue weighted by atomic mass is 10.1. The van der Waals surface area contributed by atoms with Gasteiger partial charge >= 0.3 is 0 Å². The number of hydrogen-bond acceptors (Lipinski definition) is 3. The van der Waals surface area contributed by atoms with E-state index in [-0.39, 0.29) is 17.9 Å². The molecule has 3 nitrogen and oxygen atoms in total. The molecule has 0 radical (unpaired) electrons. The number of nitrogens with two attached hydrogens (primary N) is 1. The highest BCUT2D eigenvalue weighted by Crippen LogP contribution is 2.15. The minimum absolute atomic E-state index is 0.265. The van der Waals surface area contributed by atoms with E-state index in [2.05, 4.69) is 0 Å². The number of benzene rings is 1. The first-order valence-corrected chi connectivity index (χ1v) is 5.33. The van der Waals surface area contributed by atoms with E-state index in [1.54, 1.807) is 0 Å². The molecule has 0 bridgehead atoms. The van der Waals surface area contributed by atoms with Crippen LogP contribution in [0.15, 0.2) is 18.2 Å². The summed E-state index contributed by atoms with van der Waals surface area (Å²) >= 11 is 0. The quantitative estimate of drug-likeness (QED) is 0.780. The highest BCUT2D eigenvalue weighted by Gasteiger charge is 2.10. The Morgan fingerprint density at radius 1 is 1.18 bits per heavy atom. The van der Waals surface area contributed by atoms with Gasteiger partial charge in [-0.05, 0) is 26.0 Å². The summed E-state index contributed by atoms with van der Waals surface area (Å²) in [7, 11) is 0. The molecule has 0 aliphatic rings. The zero-order valence-corrected chi connectivity index (χ0v) is 10.0. The molecule has 1 aromatic rings. The topological polar surface area (TPSA) is 44.5 Å². The molecule has 0 aliphatic carbocycles. The predicted octanol–water partition coefficient (Wildman–Crippen LogP) is 2.10. The molecule has 0 aliphatic heterocycles. The fourth-order valence-electron chi connectivity index (χ4n) is 1.12. The summed E-state index contributed by atoms with van der Waals surface area (Å²) in [6.07, 6.45) is 0. The summed E-state index contributed by atoms with van der Waals surface area (Å²) in [5.74, 6) is -1.54. The number of ether oxygens (including phenoxy) is 2. The van der Waals surface area contributed by atoms with E-state index in [0.717, 1.165) is 12.1 Å². The molecule has 0 spiro atoms. The third-order valence-electron chi connectivity index (χ3n) is 1.86. The first-order chi connectivity index (χ1) is 7.88. The molecule has 0 saturated heterocycles. The summed E-state index contributed by atoms with van der Waals surface area (Å²) in [5, 5.41) is 0. The van der Waals surface area contributed by atoms with E-state index >= 15 is 0 Å². The zero-order valence-electron chi connectivity index (χ0n) is 10.0. The average molecular weight is 245 g/mol. The van der Waals surface area contributed by atoms with Crippen LogP contribution in [0.5, 0.6) is 5.75 Å². The van der Waals surface area contributed by atoms with Crippen LogP contribution in [-0.4, -0.2) is 25.4 Å². The van der Waals surface area contributed by atoms with Gasteiger partial charge in [-0.15, -0.1) is 0 Å². The third-order valence-corrected chi connectivity index (χ3v) is 1.86. The molecule has 1 rings (SSSR count). The Bertz CT molecular complexity index is 364. The van der Waals surface area contributed by atoms with Crippen molar-refractivity contribution in [2.75, 3.05) is 19.8 Å². The molecule has 5 heteroatoms. The maximum atomic E-state index is 12.8. The predicted molar refractivity (Wildman–Crippen MR) is 60.9 cm³/mol. The molecule has 0 heterocycles. The Morgan fingerprint density at radius 2 is 1.88 bits per heavy atom.